The fourth-order valence-electron chi connectivity index (χ4n) is 2.37. The Morgan fingerprint density at radius 2 is 2.33 bits per heavy atom. The van der Waals surface area contributed by atoms with E-state index in [1.807, 2.05) is 11.8 Å². The lowest BCUT2D eigenvalue weighted by molar-refractivity contribution is 0.0937. The first-order valence-electron chi connectivity index (χ1n) is 6.40. The highest BCUT2D eigenvalue weighted by Crippen LogP contribution is 2.29. The predicted molar refractivity (Wildman–Crippen MR) is 75.1 cm³/mol. The number of phenolic OH excluding ortho intramolecular Hbond substituents is 1. The molecule has 0 aliphatic heterocycles. The molecule has 1 aliphatic rings. The number of rotatable bonds is 4. The number of hydrogen-bond donors (Lipinski definition) is 2. The normalized spacial score (nSPS) is 22.9. The van der Waals surface area contributed by atoms with Crippen molar-refractivity contribution in [1.29, 1.82) is 0 Å². The zero-order valence-electron chi connectivity index (χ0n) is 10.6. The quantitative estimate of drug-likeness (QED) is 0.880. The van der Waals surface area contributed by atoms with Crippen molar-refractivity contribution in [3.05, 3.63) is 29.8 Å². The average Bonchev–Trinajstić information content (AvgIpc) is 2.77. The molecule has 2 atom stereocenters. The first-order valence-corrected chi connectivity index (χ1v) is 7.45. The van der Waals surface area contributed by atoms with Crippen LogP contribution in [0.2, 0.25) is 0 Å². The van der Waals surface area contributed by atoms with Crippen LogP contribution in [0.1, 0.15) is 36.5 Å². The molecule has 0 radical (unpaired) electrons. The summed E-state index contributed by atoms with van der Waals surface area (Å²) in [6.07, 6.45) is 3.30. The molecule has 0 heterocycles. The van der Waals surface area contributed by atoms with Gasteiger partial charge in [-0.25, -0.2) is 0 Å². The minimum atomic E-state index is -0.0851. The average molecular weight is 265 g/mol. The molecule has 1 fully saturated rings. The predicted octanol–water partition coefficient (Wildman–Crippen LogP) is 2.80. The Hall–Kier alpha value is -1.16. The lowest BCUT2D eigenvalue weighted by Gasteiger charge is -2.13. The van der Waals surface area contributed by atoms with E-state index in [1.165, 1.54) is 12.5 Å². The van der Waals surface area contributed by atoms with Gasteiger partial charge in [-0.2, -0.15) is 11.8 Å². The first-order chi connectivity index (χ1) is 8.69. The van der Waals surface area contributed by atoms with Gasteiger partial charge in [0.2, 0.25) is 0 Å². The van der Waals surface area contributed by atoms with Crippen LogP contribution >= 0.6 is 11.8 Å². The number of amides is 1. The van der Waals surface area contributed by atoms with Gasteiger partial charge in [-0.05, 0) is 43.2 Å². The molecule has 0 spiro atoms. The lowest BCUT2D eigenvalue weighted by Crippen LogP contribution is -2.33. The lowest BCUT2D eigenvalue weighted by atomic mass is 10.1. The molecule has 1 aromatic rings. The smallest absolute Gasteiger partial charge is 0.251 e. The maximum atomic E-state index is 12.0. The highest BCUT2D eigenvalue weighted by atomic mass is 32.2. The van der Waals surface area contributed by atoms with Crippen molar-refractivity contribution < 1.29 is 9.90 Å². The van der Waals surface area contributed by atoms with Crippen LogP contribution in [0.4, 0.5) is 0 Å². The number of phenols is 1. The van der Waals surface area contributed by atoms with Crippen LogP contribution in [0.25, 0.3) is 0 Å². The first kappa shape index (κ1) is 13.3. The van der Waals surface area contributed by atoms with Gasteiger partial charge in [0.1, 0.15) is 5.75 Å². The van der Waals surface area contributed by atoms with Crippen LogP contribution < -0.4 is 5.32 Å². The second-order valence-electron chi connectivity index (χ2n) is 4.61. The van der Waals surface area contributed by atoms with E-state index in [4.69, 9.17) is 0 Å². The van der Waals surface area contributed by atoms with Gasteiger partial charge in [-0.15, -0.1) is 0 Å². The summed E-state index contributed by atoms with van der Waals surface area (Å²) in [6, 6.07) is 6.77. The van der Waals surface area contributed by atoms with Crippen molar-refractivity contribution in [1.82, 2.24) is 5.32 Å². The fraction of sp³-hybridized carbons (Fsp3) is 0.500. The van der Waals surface area contributed by atoms with Crippen molar-refractivity contribution in [3.63, 3.8) is 0 Å². The molecule has 1 amide bonds. The fourth-order valence-corrected chi connectivity index (χ4v) is 3.52. The second-order valence-corrected chi connectivity index (χ2v) is 6.19. The van der Waals surface area contributed by atoms with E-state index in [1.54, 1.807) is 18.2 Å². The summed E-state index contributed by atoms with van der Waals surface area (Å²) in [7, 11) is 0. The van der Waals surface area contributed by atoms with Crippen LogP contribution in [-0.2, 0) is 0 Å². The van der Waals surface area contributed by atoms with Gasteiger partial charge in [-0.3, -0.25) is 4.79 Å². The van der Waals surface area contributed by atoms with Crippen molar-refractivity contribution in [3.8, 4) is 5.75 Å². The highest BCUT2D eigenvalue weighted by Gasteiger charge is 2.25. The molecular formula is C14H19NO2S. The molecule has 0 aromatic heterocycles. The number of carbonyl (C=O) groups is 1. The molecule has 0 bridgehead atoms. The van der Waals surface area contributed by atoms with Crippen LogP contribution in [0.15, 0.2) is 24.3 Å². The van der Waals surface area contributed by atoms with Crippen molar-refractivity contribution in [2.45, 2.75) is 37.5 Å². The number of benzene rings is 1. The summed E-state index contributed by atoms with van der Waals surface area (Å²) in [5, 5.41) is 13.1. The standard InChI is InChI=1S/C14H19NO2S/c1-2-18-13-7-6-11(9-13)15-14(17)10-4-3-5-12(16)8-10/h3-5,8,11,13,16H,2,6-7,9H2,1H3,(H,15,17)/t11-,13-/m0/s1. The van der Waals surface area contributed by atoms with E-state index in [2.05, 4.69) is 12.2 Å². The Kier molecular flexibility index (Phi) is 4.53. The monoisotopic (exact) mass is 265 g/mol. The van der Waals surface area contributed by atoms with Crippen molar-refractivity contribution >= 4 is 17.7 Å². The van der Waals surface area contributed by atoms with Crippen molar-refractivity contribution in [2.24, 2.45) is 0 Å². The number of nitrogens with one attached hydrogen (secondary N) is 1. The number of thioether (sulfide) groups is 1. The molecular weight excluding hydrogens is 246 g/mol. The van der Waals surface area contributed by atoms with Crippen LogP contribution in [0.5, 0.6) is 5.75 Å². The molecule has 18 heavy (non-hydrogen) atoms. The Balaban J connectivity index is 1.89. The molecule has 1 aromatic carbocycles. The van der Waals surface area contributed by atoms with Crippen LogP contribution in [-0.4, -0.2) is 28.1 Å². The summed E-state index contributed by atoms with van der Waals surface area (Å²) in [5.74, 6) is 1.18. The summed E-state index contributed by atoms with van der Waals surface area (Å²) in [4.78, 5) is 12.0. The van der Waals surface area contributed by atoms with E-state index in [0.29, 0.717) is 10.8 Å². The maximum absolute atomic E-state index is 12.0. The summed E-state index contributed by atoms with van der Waals surface area (Å²) < 4.78 is 0. The number of carbonyl (C=O) groups excluding carboxylic acids is 1. The van der Waals surface area contributed by atoms with Gasteiger partial charge in [0.25, 0.3) is 5.91 Å². The van der Waals surface area contributed by atoms with E-state index in [0.717, 1.165) is 18.6 Å². The van der Waals surface area contributed by atoms with E-state index in [9.17, 15) is 9.90 Å². The largest absolute Gasteiger partial charge is 0.508 e. The molecule has 2 N–H and O–H groups in total. The summed E-state index contributed by atoms with van der Waals surface area (Å²) in [5.41, 5.74) is 0.529. The Morgan fingerprint density at radius 1 is 1.50 bits per heavy atom. The third kappa shape index (κ3) is 3.42. The third-order valence-corrected chi connectivity index (χ3v) is 4.46. The molecule has 1 aliphatic carbocycles. The molecule has 0 unspecified atom stereocenters. The highest BCUT2D eigenvalue weighted by molar-refractivity contribution is 7.99. The van der Waals surface area contributed by atoms with E-state index < -0.39 is 0 Å². The topological polar surface area (TPSA) is 49.3 Å². The molecule has 2 rings (SSSR count). The summed E-state index contributed by atoms with van der Waals surface area (Å²) in [6.45, 7) is 2.17. The van der Waals surface area contributed by atoms with Crippen LogP contribution in [0, 0.1) is 0 Å². The minimum absolute atomic E-state index is 0.0851. The molecule has 0 saturated heterocycles. The van der Waals surface area contributed by atoms with Gasteiger partial charge in [0, 0.05) is 16.9 Å². The van der Waals surface area contributed by atoms with E-state index in [-0.39, 0.29) is 17.7 Å². The van der Waals surface area contributed by atoms with Gasteiger partial charge >= 0.3 is 0 Å². The zero-order valence-corrected chi connectivity index (χ0v) is 11.4. The van der Waals surface area contributed by atoms with E-state index >= 15 is 0 Å². The Bertz CT molecular complexity index is 422. The molecule has 3 nitrogen and oxygen atoms in total. The Morgan fingerprint density at radius 3 is 3.06 bits per heavy atom. The SMILES string of the molecule is CCS[C@H]1CC[C@H](NC(=O)c2cccc(O)c2)C1. The van der Waals surface area contributed by atoms with Gasteiger partial charge in [0.15, 0.2) is 0 Å². The van der Waals surface area contributed by atoms with Gasteiger partial charge in [-0.1, -0.05) is 13.0 Å². The van der Waals surface area contributed by atoms with Crippen molar-refractivity contribution in [2.75, 3.05) is 5.75 Å². The minimum Gasteiger partial charge on any atom is -0.508 e. The molecule has 98 valence electrons. The zero-order chi connectivity index (χ0) is 13.0. The maximum Gasteiger partial charge on any atom is 0.251 e. The summed E-state index contributed by atoms with van der Waals surface area (Å²) >= 11 is 1.98. The van der Waals surface area contributed by atoms with Crippen LogP contribution in [0.3, 0.4) is 0 Å². The third-order valence-electron chi connectivity index (χ3n) is 3.23. The number of hydrogen-bond acceptors (Lipinski definition) is 3. The Labute approximate surface area is 112 Å². The number of aromatic hydroxyl groups is 1. The molecule has 4 heteroatoms. The van der Waals surface area contributed by atoms with Gasteiger partial charge < -0.3 is 10.4 Å². The second kappa shape index (κ2) is 6.14. The van der Waals surface area contributed by atoms with Gasteiger partial charge in [0.05, 0.1) is 0 Å². The molecule has 1 saturated carbocycles.